The Hall–Kier alpha value is -2.39. The maximum absolute atomic E-state index is 5.02. The van der Waals surface area contributed by atoms with Crippen LogP contribution in [-0.4, -0.2) is 9.97 Å². The molecule has 196 valence electrons. The number of imidazole rings is 1. The number of aromatic nitrogens is 2. The normalized spacial score (nSPS) is 13.8. The van der Waals surface area contributed by atoms with Gasteiger partial charge in [-0.2, -0.15) is 0 Å². The highest BCUT2D eigenvalue weighted by molar-refractivity contribution is 7.13. The smallest absolute Gasteiger partial charge is 0.148 e. The fourth-order valence-corrected chi connectivity index (χ4v) is 7.23. The Labute approximate surface area is 227 Å². The second-order valence-corrected chi connectivity index (χ2v) is 12.1. The van der Waals surface area contributed by atoms with Crippen molar-refractivity contribution in [2.24, 2.45) is 0 Å². The van der Waals surface area contributed by atoms with Gasteiger partial charge >= 0.3 is 0 Å². The van der Waals surface area contributed by atoms with E-state index in [-0.39, 0.29) is 5.41 Å². The van der Waals surface area contributed by atoms with Gasteiger partial charge in [0, 0.05) is 5.41 Å². The topological polar surface area (TPSA) is 28.7 Å². The first kappa shape index (κ1) is 26.2. The van der Waals surface area contributed by atoms with Crippen LogP contribution in [0.2, 0.25) is 0 Å². The van der Waals surface area contributed by atoms with Crippen LogP contribution in [0.5, 0.6) is 0 Å². The molecule has 3 heteroatoms. The third kappa shape index (κ3) is 5.58. The van der Waals surface area contributed by atoms with Crippen LogP contribution < -0.4 is 0 Å². The summed E-state index contributed by atoms with van der Waals surface area (Å²) < 4.78 is 0. The minimum Gasteiger partial charge on any atom is -0.337 e. The Morgan fingerprint density at radius 3 is 2.05 bits per heavy atom. The van der Waals surface area contributed by atoms with Crippen LogP contribution in [0.1, 0.15) is 115 Å². The minimum atomic E-state index is 0.129. The van der Waals surface area contributed by atoms with Crippen LogP contribution in [0.15, 0.2) is 53.9 Å². The van der Waals surface area contributed by atoms with Gasteiger partial charge in [-0.05, 0) is 58.7 Å². The second kappa shape index (κ2) is 12.4. The van der Waals surface area contributed by atoms with Gasteiger partial charge in [0.1, 0.15) is 5.82 Å². The quantitative estimate of drug-likeness (QED) is 0.158. The molecule has 0 radical (unpaired) electrons. The van der Waals surface area contributed by atoms with E-state index in [1.807, 2.05) is 0 Å². The van der Waals surface area contributed by atoms with Crippen LogP contribution in [0.3, 0.4) is 0 Å². The van der Waals surface area contributed by atoms with Crippen molar-refractivity contribution >= 4 is 22.4 Å². The zero-order valence-electron chi connectivity index (χ0n) is 23.0. The highest BCUT2D eigenvalue weighted by Gasteiger charge is 2.42. The van der Waals surface area contributed by atoms with Crippen molar-refractivity contribution in [1.29, 1.82) is 0 Å². The summed E-state index contributed by atoms with van der Waals surface area (Å²) in [5.74, 6) is 0.999. The molecule has 0 spiro atoms. The predicted octanol–water partition coefficient (Wildman–Crippen LogP) is 11.1. The van der Waals surface area contributed by atoms with Gasteiger partial charge in [-0.1, -0.05) is 121 Å². The SMILES string of the molecule is CCCCCCCCC1(CCCCCCCC)c2ccccc2-c2cc3nc(-c4cccs4)[nH]c3cc21. The fourth-order valence-electron chi connectivity index (χ4n) is 6.56. The number of fused-ring (bicyclic) bond motifs is 4. The molecule has 0 saturated heterocycles. The summed E-state index contributed by atoms with van der Waals surface area (Å²) in [6, 6.07) is 18.4. The summed E-state index contributed by atoms with van der Waals surface area (Å²) in [6.45, 7) is 4.61. The first-order chi connectivity index (χ1) is 18.3. The number of thiophene rings is 1. The van der Waals surface area contributed by atoms with Crippen molar-refractivity contribution in [3.05, 3.63) is 65.0 Å². The number of rotatable bonds is 15. The van der Waals surface area contributed by atoms with Crippen LogP contribution >= 0.6 is 11.3 Å². The monoisotopic (exact) mass is 512 g/mol. The van der Waals surface area contributed by atoms with Gasteiger partial charge in [-0.25, -0.2) is 4.98 Å². The summed E-state index contributed by atoms with van der Waals surface area (Å²) in [5, 5.41) is 2.13. The lowest BCUT2D eigenvalue weighted by Crippen LogP contribution is -2.25. The Morgan fingerprint density at radius 1 is 0.703 bits per heavy atom. The van der Waals surface area contributed by atoms with Crippen molar-refractivity contribution in [2.75, 3.05) is 0 Å². The van der Waals surface area contributed by atoms with Crippen LogP contribution in [0, 0.1) is 0 Å². The Morgan fingerprint density at radius 2 is 1.38 bits per heavy atom. The van der Waals surface area contributed by atoms with E-state index in [1.165, 1.54) is 111 Å². The summed E-state index contributed by atoms with van der Waals surface area (Å²) in [6.07, 6.45) is 18.7. The third-order valence-electron chi connectivity index (χ3n) is 8.54. The molecular formula is C34H44N2S. The largest absolute Gasteiger partial charge is 0.337 e. The van der Waals surface area contributed by atoms with E-state index >= 15 is 0 Å². The van der Waals surface area contributed by atoms with Gasteiger partial charge < -0.3 is 4.98 Å². The second-order valence-electron chi connectivity index (χ2n) is 11.1. The molecule has 2 aromatic carbocycles. The first-order valence-electron chi connectivity index (χ1n) is 14.9. The van der Waals surface area contributed by atoms with Gasteiger partial charge in [0.15, 0.2) is 0 Å². The maximum Gasteiger partial charge on any atom is 0.148 e. The van der Waals surface area contributed by atoms with Crippen LogP contribution in [0.4, 0.5) is 0 Å². The standard InChI is InChI=1S/C34H44N2S/c1-3-5-7-9-11-15-21-34(22-16-12-10-8-6-4-2)28-19-14-13-18-26(28)27-24-30-31(25-29(27)34)36-33(35-30)32-20-17-23-37-32/h13-14,17-20,23-25H,3-12,15-16,21-22H2,1-2H3,(H,35,36). The third-order valence-corrected chi connectivity index (χ3v) is 9.41. The molecule has 2 heterocycles. The van der Waals surface area contributed by atoms with Crippen LogP contribution in [-0.2, 0) is 5.41 Å². The molecule has 4 aromatic rings. The van der Waals surface area contributed by atoms with Crippen molar-refractivity contribution in [1.82, 2.24) is 9.97 Å². The molecule has 0 amide bonds. The molecule has 1 aliphatic rings. The zero-order chi connectivity index (χ0) is 25.5. The molecule has 5 rings (SSSR count). The Kier molecular flexibility index (Phi) is 8.81. The van der Waals surface area contributed by atoms with E-state index in [0.29, 0.717) is 0 Å². The molecular weight excluding hydrogens is 468 g/mol. The van der Waals surface area contributed by atoms with Crippen molar-refractivity contribution < 1.29 is 0 Å². The summed E-state index contributed by atoms with van der Waals surface area (Å²) >= 11 is 1.75. The van der Waals surface area contributed by atoms with Gasteiger partial charge in [0.05, 0.1) is 15.9 Å². The molecule has 1 N–H and O–H groups in total. The number of H-pyrrole nitrogens is 1. The molecule has 2 aromatic heterocycles. The molecule has 0 atom stereocenters. The summed E-state index contributed by atoms with van der Waals surface area (Å²) in [5.41, 5.74) is 8.38. The molecule has 0 bridgehead atoms. The Bertz CT molecular complexity index is 1250. The number of hydrogen-bond acceptors (Lipinski definition) is 2. The lowest BCUT2D eigenvalue weighted by Gasteiger charge is -2.33. The first-order valence-corrected chi connectivity index (χ1v) is 15.8. The average Bonchev–Trinajstić information content (AvgIpc) is 3.65. The maximum atomic E-state index is 5.02. The van der Waals surface area contributed by atoms with E-state index in [4.69, 9.17) is 4.98 Å². The Balaban J connectivity index is 1.48. The van der Waals surface area contributed by atoms with E-state index in [9.17, 15) is 0 Å². The van der Waals surface area contributed by atoms with Gasteiger partial charge in [0.25, 0.3) is 0 Å². The molecule has 0 aliphatic heterocycles. The number of nitrogens with one attached hydrogen (secondary N) is 1. The van der Waals surface area contributed by atoms with Gasteiger partial charge in [-0.3, -0.25) is 0 Å². The highest BCUT2D eigenvalue weighted by atomic mass is 32.1. The van der Waals surface area contributed by atoms with E-state index in [2.05, 4.69) is 72.7 Å². The summed E-state index contributed by atoms with van der Waals surface area (Å²) in [4.78, 5) is 9.90. The minimum absolute atomic E-state index is 0.129. The molecule has 37 heavy (non-hydrogen) atoms. The van der Waals surface area contributed by atoms with Crippen molar-refractivity contribution in [3.8, 4) is 21.8 Å². The molecule has 1 aliphatic carbocycles. The average molecular weight is 513 g/mol. The predicted molar refractivity (Wildman–Crippen MR) is 162 cm³/mol. The number of aromatic amines is 1. The zero-order valence-corrected chi connectivity index (χ0v) is 23.8. The number of hydrogen-bond donors (Lipinski definition) is 1. The molecule has 0 saturated carbocycles. The van der Waals surface area contributed by atoms with Gasteiger partial charge in [-0.15, -0.1) is 11.3 Å². The van der Waals surface area contributed by atoms with Crippen LogP contribution in [0.25, 0.3) is 32.9 Å². The van der Waals surface area contributed by atoms with E-state index in [0.717, 1.165) is 11.3 Å². The van der Waals surface area contributed by atoms with E-state index < -0.39 is 0 Å². The van der Waals surface area contributed by atoms with Crippen molar-refractivity contribution in [3.63, 3.8) is 0 Å². The van der Waals surface area contributed by atoms with Gasteiger partial charge in [0.2, 0.25) is 0 Å². The number of benzene rings is 2. The fraction of sp³-hybridized carbons (Fsp3) is 0.500. The highest BCUT2D eigenvalue weighted by Crippen LogP contribution is 2.55. The summed E-state index contributed by atoms with van der Waals surface area (Å²) in [7, 11) is 0. The number of nitrogens with zero attached hydrogens (tertiary/aromatic N) is 1. The number of unbranched alkanes of at least 4 members (excludes halogenated alkanes) is 10. The van der Waals surface area contributed by atoms with Crippen molar-refractivity contribution in [2.45, 2.75) is 109 Å². The molecule has 2 nitrogen and oxygen atoms in total. The molecule has 0 unspecified atom stereocenters. The lowest BCUT2D eigenvalue weighted by atomic mass is 9.70. The molecule has 0 fully saturated rings. The van der Waals surface area contributed by atoms with E-state index in [1.54, 1.807) is 22.5 Å². The lowest BCUT2D eigenvalue weighted by molar-refractivity contribution is 0.398.